The van der Waals surface area contributed by atoms with Crippen molar-refractivity contribution in [1.29, 1.82) is 0 Å². The molecule has 3 aliphatic heterocycles. The molecule has 6 atom stereocenters. The molecule has 0 spiro atoms. The third kappa shape index (κ3) is 17.3. The lowest BCUT2D eigenvalue weighted by atomic mass is 9.87. The number of esters is 2. The number of amides is 7. The predicted molar refractivity (Wildman–Crippen MR) is 333 cm³/mol. The fourth-order valence-electron chi connectivity index (χ4n) is 11.4. The van der Waals surface area contributed by atoms with Gasteiger partial charge in [-0.15, -0.1) is 0 Å². The van der Waals surface area contributed by atoms with E-state index >= 15 is 4.79 Å². The van der Waals surface area contributed by atoms with Crippen molar-refractivity contribution in [3.63, 3.8) is 0 Å². The molecule has 7 rings (SSSR count). The number of nitrogens with zero attached hydrogens (tertiary/aromatic N) is 4. The van der Waals surface area contributed by atoms with Crippen LogP contribution in [0.15, 0.2) is 109 Å². The van der Waals surface area contributed by atoms with Gasteiger partial charge in [0.2, 0.25) is 35.3 Å². The monoisotopic (exact) mass is 1220 g/mol. The normalized spacial score (nSPS) is 23.1. The Morgan fingerprint density at radius 1 is 0.730 bits per heavy atom. The molecule has 4 bridgehead atoms. The Kier molecular flexibility index (Phi) is 23.4. The Hall–Kier alpha value is -8.88. The Morgan fingerprint density at radius 2 is 1.44 bits per heavy atom. The lowest BCUT2D eigenvalue weighted by Crippen LogP contribution is -2.62. The first-order valence-corrected chi connectivity index (χ1v) is 30.5. The first kappa shape index (κ1) is 67.6. The summed E-state index contributed by atoms with van der Waals surface area (Å²) >= 11 is 0. The van der Waals surface area contributed by atoms with Crippen molar-refractivity contribution in [1.82, 2.24) is 25.3 Å². The van der Waals surface area contributed by atoms with Gasteiger partial charge in [-0.2, -0.15) is 0 Å². The van der Waals surface area contributed by atoms with Crippen molar-refractivity contribution >= 4 is 70.4 Å². The molecule has 0 unspecified atom stereocenters. The number of Topliss-reactive ketones (excluding diaryl/α,β-unsaturated/α-hetero) is 1. The highest BCUT2D eigenvalue weighted by Crippen LogP contribution is 2.35. The Bertz CT molecular complexity index is 3270. The van der Waals surface area contributed by atoms with Crippen LogP contribution in [-0.4, -0.2) is 146 Å². The molecule has 7 amide bonds. The van der Waals surface area contributed by atoms with Crippen LogP contribution in [0.25, 0.3) is 0 Å². The summed E-state index contributed by atoms with van der Waals surface area (Å²) in [6, 6.07) is 22.1. The summed E-state index contributed by atoms with van der Waals surface area (Å²) in [6.45, 7) is 10.0. The number of cyclic esters (lactones) is 2. The smallest absolute Gasteiger partial charge is 0.330 e. The third-order valence-electron chi connectivity index (χ3n) is 16.4. The zero-order valence-electron chi connectivity index (χ0n) is 52.7. The molecular formula is C68H85N7O14. The Balaban J connectivity index is 1.20. The summed E-state index contributed by atoms with van der Waals surface area (Å²) in [5, 5.41) is 8.74. The van der Waals surface area contributed by atoms with E-state index in [9.17, 15) is 43.2 Å². The second-order valence-electron chi connectivity index (χ2n) is 24.4. The lowest BCUT2D eigenvalue weighted by Gasteiger charge is -2.41. The Labute approximate surface area is 521 Å². The second kappa shape index (κ2) is 30.8. The van der Waals surface area contributed by atoms with Gasteiger partial charge in [-0.05, 0) is 123 Å². The van der Waals surface area contributed by atoms with E-state index in [1.54, 1.807) is 99.8 Å². The summed E-state index contributed by atoms with van der Waals surface area (Å²) in [7, 11) is 6.08. The van der Waals surface area contributed by atoms with Gasteiger partial charge in [0.1, 0.15) is 42.9 Å². The summed E-state index contributed by atoms with van der Waals surface area (Å²) in [5.41, 5.74) is 1.75. The maximum atomic E-state index is 15.0. The minimum absolute atomic E-state index is 0.0814. The van der Waals surface area contributed by atoms with Gasteiger partial charge in [0.25, 0.3) is 11.8 Å². The Morgan fingerprint density at radius 3 is 2.15 bits per heavy atom. The molecule has 3 N–H and O–H groups in total. The summed E-state index contributed by atoms with van der Waals surface area (Å²) < 4.78 is 22.8. The molecule has 1 saturated heterocycles. The first-order valence-electron chi connectivity index (χ1n) is 30.5. The fourth-order valence-corrected chi connectivity index (χ4v) is 11.4. The minimum atomic E-state index is -1.52. The summed E-state index contributed by atoms with van der Waals surface area (Å²) in [6.07, 6.45) is 3.51. The number of fused-ring (bicyclic) bond motifs is 7. The van der Waals surface area contributed by atoms with E-state index in [4.69, 9.17) is 18.9 Å². The predicted octanol–water partition coefficient (Wildman–Crippen LogP) is 7.41. The molecule has 21 heteroatoms. The van der Waals surface area contributed by atoms with E-state index in [2.05, 4.69) is 16.0 Å². The molecule has 4 aromatic rings. The van der Waals surface area contributed by atoms with Gasteiger partial charge in [-0.25, -0.2) is 9.59 Å². The number of methoxy groups -OCH3 is 2. The van der Waals surface area contributed by atoms with Crippen LogP contribution >= 0.6 is 0 Å². The third-order valence-corrected chi connectivity index (χ3v) is 16.4. The zero-order valence-corrected chi connectivity index (χ0v) is 52.7. The number of benzene rings is 4. The number of aryl methyl sites for hydroxylation is 1. The van der Waals surface area contributed by atoms with Crippen molar-refractivity contribution in [3.8, 4) is 11.5 Å². The van der Waals surface area contributed by atoms with Crippen molar-refractivity contribution in [2.45, 2.75) is 142 Å². The number of hydrogen-bond donors (Lipinski definition) is 3. The molecular weight excluding hydrogens is 1140 g/mol. The van der Waals surface area contributed by atoms with Gasteiger partial charge < -0.3 is 49.6 Å². The maximum Gasteiger partial charge on any atom is 0.330 e. The number of ether oxygens (including phenoxy) is 4. The minimum Gasteiger partial charge on any atom is -0.493 e. The van der Waals surface area contributed by atoms with Crippen molar-refractivity contribution in [2.75, 3.05) is 58.2 Å². The largest absolute Gasteiger partial charge is 0.493 e. The quantitative estimate of drug-likeness (QED) is 0.109. The van der Waals surface area contributed by atoms with Crippen LogP contribution in [0.4, 0.5) is 11.4 Å². The molecule has 3 aliphatic rings. The highest BCUT2D eigenvalue weighted by atomic mass is 16.5. The van der Waals surface area contributed by atoms with Crippen LogP contribution in [0.5, 0.6) is 11.5 Å². The average molecular weight is 1220 g/mol. The number of carbonyl (C=O) groups excluding carboxylic acids is 10. The fraction of sp³-hybridized carbons (Fsp3) is 0.471. The molecule has 0 radical (unpaired) electrons. The molecule has 0 aromatic heterocycles. The average Bonchev–Trinajstić information content (AvgIpc) is 1.20. The van der Waals surface area contributed by atoms with Gasteiger partial charge in [-0.1, -0.05) is 101 Å². The van der Waals surface area contributed by atoms with Gasteiger partial charge in [0.05, 0.1) is 19.6 Å². The molecule has 3 heterocycles. The number of nitrogens with one attached hydrogen (secondary N) is 3. The molecule has 21 nitrogen and oxygen atoms in total. The van der Waals surface area contributed by atoms with Crippen LogP contribution in [0.2, 0.25) is 0 Å². The van der Waals surface area contributed by atoms with E-state index in [-0.39, 0.29) is 64.0 Å². The van der Waals surface area contributed by atoms with Crippen molar-refractivity contribution < 1.29 is 66.9 Å². The number of rotatable bonds is 9. The molecule has 476 valence electrons. The number of ketones is 1. The number of carbonyl (C=O) groups is 10. The zero-order chi connectivity index (χ0) is 64.7. The van der Waals surface area contributed by atoms with E-state index in [1.807, 2.05) is 32.0 Å². The molecule has 89 heavy (non-hydrogen) atoms. The van der Waals surface area contributed by atoms with Crippen molar-refractivity contribution in [3.05, 3.63) is 131 Å². The lowest BCUT2D eigenvalue weighted by molar-refractivity contribution is -0.165. The number of likely N-dealkylation sites (N-methyl/N-ethyl adjacent to an activating group) is 2. The standard InChI is InChI=1S/C68H85N7O14/c1-42(2)37-52-62(80)70-49-40-46-23-14-15-26-50(46)75(64(49)82)60(43(3)4)63(81)71-59(45-21-12-11-13-22-45)65(83)72(7)35-18-17-28-58(78)88-41-68(5,6)61(79)66(84)74-36-19-16-27-51(74)67(85)89-53(31-29-44-30-32-54(86-9)55(38-44)87-10)47-24-20-25-48(39-47)69-56(76)33-34-57(77)73(52)8/h11-15,17,20-26,28,30,32,38-39,42-43,49,51-53,59-60H,16,18-19,27,29,31,33-37,40-41H2,1-10H3,(H,69,76)(H,70,80)(H,71,81)/b28-17-/t49-,51+,52+,53-,59+,60+/m1/s1. The molecule has 0 aliphatic carbocycles. The van der Waals surface area contributed by atoms with E-state index in [0.717, 1.165) is 11.6 Å². The number of piperidine rings is 1. The van der Waals surface area contributed by atoms with Crippen molar-refractivity contribution in [2.24, 2.45) is 17.3 Å². The van der Waals surface area contributed by atoms with Crippen LogP contribution < -0.4 is 30.3 Å². The molecule has 1 fully saturated rings. The van der Waals surface area contributed by atoms with Gasteiger partial charge in [0, 0.05) is 63.9 Å². The highest BCUT2D eigenvalue weighted by Gasteiger charge is 2.45. The van der Waals surface area contributed by atoms with Gasteiger partial charge in [-0.3, -0.25) is 43.3 Å². The van der Waals surface area contributed by atoms with Crippen LogP contribution in [0.1, 0.15) is 127 Å². The SMILES string of the molecule is COc1ccc(CC[C@H]2OC(=O)[C@@H]3CCCCN3C(=O)C(=O)C(C)(C)COC(=O)/C=C\CCN(C)C(=O)[C@H](c3ccccc3)NC(=O)[C@H](C(C)C)N3C(=O)[C@@H](Cc4ccccc43)NC(=O)[C@H](CC(C)C)N(C)C(=O)CCC(=O)Nc3cccc2c3)cc1OC. The maximum absolute atomic E-state index is 15.0. The topological polar surface area (TPSA) is 257 Å². The van der Waals surface area contributed by atoms with Crippen LogP contribution in [-0.2, 0) is 70.3 Å². The summed E-state index contributed by atoms with van der Waals surface area (Å²) in [5.74, 6) is -6.29. The molecule has 4 aromatic carbocycles. The van der Waals surface area contributed by atoms with Gasteiger partial charge >= 0.3 is 11.9 Å². The van der Waals surface area contributed by atoms with E-state index < -0.39 is 113 Å². The van der Waals surface area contributed by atoms with Gasteiger partial charge in [0.15, 0.2) is 11.5 Å². The number of hydrogen-bond acceptors (Lipinski definition) is 14. The van der Waals surface area contributed by atoms with Crippen LogP contribution in [0.3, 0.4) is 0 Å². The second-order valence-corrected chi connectivity index (χ2v) is 24.4. The summed E-state index contributed by atoms with van der Waals surface area (Å²) in [4.78, 5) is 148. The highest BCUT2D eigenvalue weighted by molar-refractivity contribution is 6.38. The first-order chi connectivity index (χ1) is 42.4. The number of anilines is 2. The van der Waals surface area contributed by atoms with E-state index in [0.29, 0.717) is 58.8 Å². The van der Waals surface area contributed by atoms with Crippen LogP contribution in [0, 0.1) is 17.3 Å². The van der Waals surface area contributed by atoms with E-state index in [1.165, 1.54) is 60.8 Å². The molecule has 0 saturated carbocycles. The number of para-hydroxylation sites is 1.